The molecular weight excluding hydrogens is 260 g/mol. The summed E-state index contributed by atoms with van der Waals surface area (Å²) in [7, 11) is 0. The number of nitrogens with one attached hydrogen (secondary N) is 1. The number of anilines is 2. The minimum absolute atomic E-state index is 0.0919. The summed E-state index contributed by atoms with van der Waals surface area (Å²) in [4.78, 5) is 13.1. The van der Waals surface area contributed by atoms with Gasteiger partial charge in [-0.3, -0.25) is 4.79 Å². The summed E-state index contributed by atoms with van der Waals surface area (Å²) in [6, 6.07) is 12.0. The van der Waals surface area contributed by atoms with Crippen LogP contribution in [0.1, 0.15) is 10.4 Å². The zero-order valence-corrected chi connectivity index (χ0v) is 11.2. The Morgan fingerprint density at radius 2 is 2.00 bits per heavy atom. The van der Waals surface area contributed by atoms with Crippen molar-refractivity contribution in [2.75, 3.05) is 17.3 Å². The number of rotatable bonds is 3. The van der Waals surface area contributed by atoms with Crippen LogP contribution >= 0.6 is 11.8 Å². The lowest BCUT2D eigenvalue weighted by atomic mass is 10.1. The van der Waals surface area contributed by atoms with Crippen LogP contribution in [-0.2, 0) is 0 Å². The zero-order chi connectivity index (χ0) is 13.8. The molecule has 0 aliphatic carbocycles. The first-order chi connectivity index (χ1) is 9.11. The first-order valence-corrected chi connectivity index (χ1v) is 6.87. The number of aromatic hydroxyl groups is 1. The summed E-state index contributed by atoms with van der Waals surface area (Å²) in [5.41, 5.74) is 6.86. The number of nitrogens with two attached hydrogens (primary N) is 1. The molecule has 0 spiro atoms. The fourth-order valence-corrected chi connectivity index (χ4v) is 2.18. The highest BCUT2D eigenvalue weighted by atomic mass is 32.2. The van der Waals surface area contributed by atoms with Gasteiger partial charge in [0, 0.05) is 10.5 Å². The third kappa shape index (κ3) is 3.00. The van der Waals surface area contributed by atoms with Gasteiger partial charge < -0.3 is 16.2 Å². The van der Waals surface area contributed by atoms with E-state index in [1.807, 2.05) is 30.5 Å². The average molecular weight is 274 g/mol. The Bertz CT molecular complexity index is 614. The highest BCUT2D eigenvalue weighted by Crippen LogP contribution is 2.26. The summed E-state index contributed by atoms with van der Waals surface area (Å²) in [5, 5.41) is 12.3. The van der Waals surface area contributed by atoms with E-state index in [2.05, 4.69) is 5.32 Å². The lowest BCUT2D eigenvalue weighted by Gasteiger charge is -2.09. The molecule has 98 valence electrons. The maximum atomic E-state index is 12.1. The summed E-state index contributed by atoms with van der Waals surface area (Å²) in [6.07, 6.45) is 1.94. The number of para-hydroxylation sites is 1. The van der Waals surface area contributed by atoms with E-state index in [0.717, 1.165) is 10.6 Å². The molecule has 0 atom stereocenters. The van der Waals surface area contributed by atoms with Gasteiger partial charge in [-0.1, -0.05) is 12.1 Å². The predicted molar refractivity (Wildman–Crippen MR) is 78.7 cm³/mol. The van der Waals surface area contributed by atoms with Crippen molar-refractivity contribution in [3.63, 3.8) is 0 Å². The van der Waals surface area contributed by atoms with Crippen LogP contribution in [0.2, 0.25) is 0 Å². The minimum atomic E-state index is -0.281. The normalized spacial score (nSPS) is 10.2. The molecule has 0 fully saturated rings. The van der Waals surface area contributed by atoms with Crippen LogP contribution < -0.4 is 11.1 Å². The number of phenols is 1. The Morgan fingerprint density at radius 3 is 2.68 bits per heavy atom. The van der Waals surface area contributed by atoms with Gasteiger partial charge in [0.15, 0.2) is 0 Å². The third-order valence-electron chi connectivity index (χ3n) is 2.65. The van der Waals surface area contributed by atoms with Gasteiger partial charge in [-0.2, -0.15) is 0 Å². The van der Waals surface area contributed by atoms with Crippen LogP contribution in [0.25, 0.3) is 0 Å². The van der Waals surface area contributed by atoms with Crippen LogP contribution in [0.4, 0.5) is 11.4 Å². The van der Waals surface area contributed by atoms with Gasteiger partial charge in [0.05, 0.1) is 11.4 Å². The van der Waals surface area contributed by atoms with Crippen molar-refractivity contribution < 1.29 is 9.90 Å². The maximum absolute atomic E-state index is 12.1. The molecular formula is C14H14N2O2S. The zero-order valence-electron chi connectivity index (χ0n) is 10.4. The second-order valence-corrected chi connectivity index (χ2v) is 4.78. The van der Waals surface area contributed by atoms with E-state index in [1.54, 1.807) is 17.8 Å². The van der Waals surface area contributed by atoms with E-state index in [-0.39, 0.29) is 17.3 Å². The lowest BCUT2D eigenvalue weighted by molar-refractivity contribution is 0.102. The largest absolute Gasteiger partial charge is 0.506 e. The number of hydrogen-bond acceptors (Lipinski definition) is 4. The van der Waals surface area contributed by atoms with Gasteiger partial charge in [0.1, 0.15) is 5.75 Å². The predicted octanol–water partition coefficient (Wildman–Crippen LogP) is 2.95. The molecule has 0 saturated carbocycles. The van der Waals surface area contributed by atoms with E-state index in [0.29, 0.717) is 5.56 Å². The van der Waals surface area contributed by atoms with Gasteiger partial charge in [-0.15, -0.1) is 11.8 Å². The van der Waals surface area contributed by atoms with E-state index < -0.39 is 0 Å². The molecule has 4 N–H and O–H groups in total. The van der Waals surface area contributed by atoms with Crippen LogP contribution in [0.5, 0.6) is 5.75 Å². The number of thioether (sulfide) groups is 1. The topological polar surface area (TPSA) is 75.4 Å². The Kier molecular flexibility index (Phi) is 3.97. The molecule has 0 aliphatic heterocycles. The van der Waals surface area contributed by atoms with Gasteiger partial charge in [0.2, 0.25) is 0 Å². The van der Waals surface area contributed by atoms with Crippen molar-refractivity contribution in [3.8, 4) is 5.75 Å². The molecule has 0 radical (unpaired) electrons. The first kappa shape index (κ1) is 13.3. The number of carbonyl (C=O) groups excluding carboxylic acids is 1. The van der Waals surface area contributed by atoms with Gasteiger partial charge in [0.25, 0.3) is 5.91 Å². The van der Waals surface area contributed by atoms with Crippen LogP contribution in [0, 0.1) is 0 Å². The second-order valence-electron chi connectivity index (χ2n) is 3.93. The minimum Gasteiger partial charge on any atom is -0.506 e. The van der Waals surface area contributed by atoms with Gasteiger partial charge in [-0.25, -0.2) is 0 Å². The molecule has 4 nitrogen and oxygen atoms in total. The monoisotopic (exact) mass is 274 g/mol. The fraction of sp³-hybridized carbons (Fsp3) is 0.0714. The van der Waals surface area contributed by atoms with Crippen molar-refractivity contribution in [2.45, 2.75) is 4.90 Å². The SMILES string of the molecule is CSc1ccccc1NC(=O)c1ccc(N)c(O)c1. The molecule has 0 heterocycles. The van der Waals surface area contributed by atoms with Crippen LogP contribution in [-0.4, -0.2) is 17.3 Å². The van der Waals surface area contributed by atoms with E-state index >= 15 is 0 Å². The molecule has 0 saturated heterocycles. The quantitative estimate of drug-likeness (QED) is 0.457. The number of phenolic OH excluding ortho intramolecular Hbond substituents is 1. The maximum Gasteiger partial charge on any atom is 0.255 e. The van der Waals surface area contributed by atoms with Crippen molar-refractivity contribution in [1.82, 2.24) is 0 Å². The summed E-state index contributed by atoms with van der Waals surface area (Å²) < 4.78 is 0. The Labute approximate surface area is 115 Å². The Hall–Kier alpha value is -2.14. The fourth-order valence-electron chi connectivity index (χ4n) is 1.63. The molecule has 0 aromatic heterocycles. The van der Waals surface area contributed by atoms with Crippen molar-refractivity contribution in [3.05, 3.63) is 48.0 Å². The molecule has 2 aromatic carbocycles. The van der Waals surface area contributed by atoms with Gasteiger partial charge >= 0.3 is 0 Å². The number of nitrogen functional groups attached to an aromatic ring is 1. The average Bonchev–Trinajstić information content (AvgIpc) is 2.42. The summed E-state index contributed by atoms with van der Waals surface area (Å²) >= 11 is 1.55. The number of hydrogen-bond donors (Lipinski definition) is 3. The van der Waals surface area contributed by atoms with Crippen molar-refractivity contribution in [1.29, 1.82) is 0 Å². The van der Waals surface area contributed by atoms with E-state index in [9.17, 15) is 9.90 Å². The molecule has 0 unspecified atom stereocenters. The number of amides is 1. The summed E-state index contributed by atoms with van der Waals surface area (Å²) in [6.45, 7) is 0. The number of benzene rings is 2. The molecule has 0 bridgehead atoms. The third-order valence-corrected chi connectivity index (χ3v) is 3.44. The molecule has 19 heavy (non-hydrogen) atoms. The summed E-state index contributed by atoms with van der Waals surface area (Å²) in [5.74, 6) is -0.373. The Balaban J connectivity index is 2.23. The Morgan fingerprint density at radius 1 is 1.26 bits per heavy atom. The van der Waals surface area contributed by atoms with Crippen molar-refractivity contribution >= 4 is 29.0 Å². The lowest BCUT2D eigenvalue weighted by Crippen LogP contribution is -2.12. The first-order valence-electron chi connectivity index (χ1n) is 5.64. The molecule has 2 aromatic rings. The van der Waals surface area contributed by atoms with Crippen LogP contribution in [0.15, 0.2) is 47.4 Å². The van der Waals surface area contributed by atoms with Gasteiger partial charge in [-0.05, 0) is 36.6 Å². The molecule has 0 aliphatic rings. The van der Waals surface area contributed by atoms with Crippen LogP contribution in [0.3, 0.4) is 0 Å². The highest BCUT2D eigenvalue weighted by molar-refractivity contribution is 7.98. The molecule has 1 amide bonds. The molecule has 5 heteroatoms. The highest BCUT2D eigenvalue weighted by Gasteiger charge is 2.10. The smallest absolute Gasteiger partial charge is 0.255 e. The van der Waals surface area contributed by atoms with E-state index in [4.69, 9.17) is 5.73 Å². The second kappa shape index (κ2) is 5.67. The number of carbonyl (C=O) groups is 1. The van der Waals surface area contributed by atoms with Crippen molar-refractivity contribution in [2.24, 2.45) is 0 Å². The molecule has 2 rings (SSSR count). The standard InChI is InChI=1S/C14H14N2O2S/c1-19-13-5-3-2-4-11(13)16-14(18)9-6-7-10(15)12(17)8-9/h2-8,17H,15H2,1H3,(H,16,18). The van der Waals surface area contributed by atoms with E-state index in [1.165, 1.54) is 12.1 Å².